The number of rotatable bonds is 4. The molecule has 1 aromatic carbocycles. The molecule has 0 amide bonds. The van der Waals surface area contributed by atoms with Gasteiger partial charge < -0.3 is 10.5 Å². The molecule has 1 aliphatic rings. The fourth-order valence-electron chi connectivity index (χ4n) is 2.78. The maximum atomic E-state index is 12.7. The van der Waals surface area contributed by atoms with Gasteiger partial charge in [-0.05, 0) is 36.8 Å². The molecule has 0 radical (unpaired) electrons. The minimum absolute atomic E-state index is 0.247. The molecule has 2 N–H and O–H groups in total. The lowest BCUT2D eigenvalue weighted by molar-refractivity contribution is 0.226. The lowest BCUT2D eigenvalue weighted by atomic mass is 9.87. The average molecular weight is 312 g/mol. The maximum absolute atomic E-state index is 12.7. The van der Waals surface area contributed by atoms with Gasteiger partial charge in [0.1, 0.15) is 5.75 Å². The van der Waals surface area contributed by atoms with Crippen molar-refractivity contribution in [1.29, 1.82) is 0 Å². The maximum Gasteiger partial charge on any atom is 0.243 e. The van der Waals surface area contributed by atoms with Crippen LogP contribution in [0.15, 0.2) is 23.1 Å². The second-order valence-electron chi connectivity index (χ2n) is 5.89. The standard InChI is InChI=1S/C15H24N2O3S/c1-11(2)12-6-8-17(9-7-12)21(18,19)13-4-5-14(16)15(10-13)20-3/h4-5,10-12H,6-9,16H2,1-3H3. The lowest BCUT2D eigenvalue weighted by Gasteiger charge is -2.33. The molecule has 1 aliphatic heterocycles. The molecule has 2 rings (SSSR count). The summed E-state index contributed by atoms with van der Waals surface area (Å²) in [5, 5.41) is 0. The van der Waals surface area contributed by atoms with Gasteiger partial charge in [0.15, 0.2) is 0 Å². The molecule has 0 unspecified atom stereocenters. The summed E-state index contributed by atoms with van der Waals surface area (Å²) in [6.45, 7) is 5.55. The first-order valence-electron chi connectivity index (χ1n) is 7.30. The Hall–Kier alpha value is -1.27. The summed E-state index contributed by atoms with van der Waals surface area (Å²) in [5.74, 6) is 1.61. The molecular formula is C15H24N2O3S. The van der Waals surface area contributed by atoms with Gasteiger partial charge in [0, 0.05) is 19.2 Å². The van der Waals surface area contributed by atoms with Crippen LogP contribution in [0.1, 0.15) is 26.7 Å². The highest BCUT2D eigenvalue weighted by Gasteiger charge is 2.30. The van der Waals surface area contributed by atoms with Crippen LogP contribution in [0.5, 0.6) is 5.75 Å². The van der Waals surface area contributed by atoms with Crippen molar-refractivity contribution >= 4 is 15.7 Å². The molecule has 0 aromatic heterocycles. The smallest absolute Gasteiger partial charge is 0.243 e. The Bertz CT molecular complexity index is 591. The van der Waals surface area contributed by atoms with E-state index in [2.05, 4.69) is 13.8 Å². The van der Waals surface area contributed by atoms with E-state index in [1.165, 1.54) is 13.2 Å². The van der Waals surface area contributed by atoms with E-state index in [-0.39, 0.29) is 4.90 Å². The summed E-state index contributed by atoms with van der Waals surface area (Å²) in [6, 6.07) is 4.62. The monoisotopic (exact) mass is 312 g/mol. The van der Waals surface area contributed by atoms with E-state index in [9.17, 15) is 8.42 Å². The summed E-state index contributed by atoms with van der Waals surface area (Å²) < 4.78 is 32.0. The highest BCUT2D eigenvalue weighted by atomic mass is 32.2. The summed E-state index contributed by atoms with van der Waals surface area (Å²) in [7, 11) is -1.98. The number of piperidine rings is 1. The van der Waals surface area contributed by atoms with E-state index in [1.807, 2.05) is 0 Å². The van der Waals surface area contributed by atoms with Crippen molar-refractivity contribution in [3.05, 3.63) is 18.2 Å². The van der Waals surface area contributed by atoms with Crippen LogP contribution in [0.25, 0.3) is 0 Å². The van der Waals surface area contributed by atoms with Gasteiger partial charge in [0.05, 0.1) is 17.7 Å². The first-order valence-corrected chi connectivity index (χ1v) is 8.74. The molecule has 1 aromatic rings. The summed E-state index contributed by atoms with van der Waals surface area (Å²) in [4.78, 5) is 0.247. The van der Waals surface area contributed by atoms with Gasteiger partial charge in [0.25, 0.3) is 0 Å². The van der Waals surface area contributed by atoms with Crippen molar-refractivity contribution in [2.45, 2.75) is 31.6 Å². The van der Waals surface area contributed by atoms with Gasteiger partial charge in [-0.15, -0.1) is 0 Å². The van der Waals surface area contributed by atoms with E-state index in [4.69, 9.17) is 10.5 Å². The van der Waals surface area contributed by atoms with Crippen LogP contribution in [0, 0.1) is 11.8 Å². The van der Waals surface area contributed by atoms with Crippen LogP contribution in [-0.2, 0) is 10.0 Å². The summed E-state index contributed by atoms with van der Waals surface area (Å²) in [6.07, 6.45) is 1.84. The molecule has 0 saturated carbocycles. The van der Waals surface area contributed by atoms with Crippen molar-refractivity contribution in [3.8, 4) is 5.75 Å². The molecule has 0 bridgehead atoms. The lowest BCUT2D eigenvalue weighted by Crippen LogP contribution is -2.39. The first-order chi connectivity index (χ1) is 9.86. The fraction of sp³-hybridized carbons (Fsp3) is 0.600. The Kier molecular flexibility index (Phi) is 4.78. The zero-order valence-electron chi connectivity index (χ0n) is 12.9. The number of sulfonamides is 1. The molecule has 0 aliphatic carbocycles. The van der Waals surface area contributed by atoms with Gasteiger partial charge in [-0.3, -0.25) is 0 Å². The van der Waals surface area contributed by atoms with Gasteiger partial charge in [0.2, 0.25) is 10.0 Å². The number of nitrogen functional groups attached to an aromatic ring is 1. The van der Waals surface area contributed by atoms with Crippen molar-refractivity contribution in [3.63, 3.8) is 0 Å². The van der Waals surface area contributed by atoms with Gasteiger partial charge in [-0.1, -0.05) is 13.8 Å². The molecule has 0 atom stereocenters. The molecule has 118 valence electrons. The van der Waals surface area contributed by atoms with Gasteiger partial charge in [-0.2, -0.15) is 4.31 Å². The van der Waals surface area contributed by atoms with Crippen LogP contribution < -0.4 is 10.5 Å². The van der Waals surface area contributed by atoms with E-state index in [1.54, 1.807) is 16.4 Å². The highest BCUT2D eigenvalue weighted by molar-refractivity contribution is 7.89. The number of anilines is 1. The third-order valence-electron chi connectivity index (χ3n) is 4.28. The molecule has 0 spiro atoms. The third kappa shape index (κ3) is 3.32. The van der Waals surface area contributed by atoms with Crippen LogP contribution in [0.2, 0.25) is 0 Å². The zero-order valence-corrected chi connectivity index (χ0v) is 13.7. The Morgan fingerprint density at radius 2 is 1.90 bits per heavy atom. The number of nitrogens with two attached hydrogens (primary N) is 1. The molecule has 1 heterocycles. The molecule has 5 nitrogen and oxygen atoms in total. The number of hydrogen-bond acceptors (Lipinski definition) is 4. The SMILES string of the molecule is COc1cc(S(=O)(=O)N2CCC(C(C)C)CC2)ccc1N. The topological polar surface area (TPSA) is 72.6 Å². The summed E-state index contributed by atoms with van der Waals surface area (Å²) in [5.41, 5.74) is 6.18. The largest absolute Gasteiger partial charge is 0.495 e. The molecule has 1 fully saturated rings. The van der Waals surface area contributed by atoms with Crippen molar-refractivity contribution in [1.82, 2.24) is 4.31 Å². The van der Waals surface area contributed by atoms with Crippen LogP contribution in [0.4, 0.5) is 5.69 Å². The predicted molar refractivity (Wildman–Crippen MR) is 83.7 cm³/mol. The Labute approximate surface area is 127 Å². The second kappa shape index (κ2) is 6.23. The molecule has 6 heteroatoms. The van der Waals surface area contributed by atoms with Crippen LogP contribution in [-0.4, -0.2) is 32.9 Å². The first kappa shape index (κ1) is 16.1. The molecular weight excluding hydrogens is 288 g/mol. The number of nitrogens with zero attached hydrogens (tertiary/aromatic N) is 1. The molecule has 21 heavy (non-hydrogen) atoms. The molecule has 1 saturated heterocycles. The quantitative estimate of drug-likeness (QED) is 0.866. The minimum Gasteiger partial charge on any atom is -0.495 e. The minimum atomic E-state index is -3.46. The van der Waals surface area contributed by atoms with Crippen LogP contribution >= 0.6 is 0 Å². The van der Waals surface area contributed by atoms with E-state index in [0.29, 0.717) is 36.4 Å². The Balaban J connectivity index is 2.19. The fourth-order valence-corrected chi connectivity index (χ4v) is 4.27. The normalized spacial score (nSPS) is 18.1. The summed E-state index contributed by atoms with van der Waals surface area (Å²) >= 11 is 0. The van der Waals surface area contributed by atoms with E-state index >= 15 is 0 Å². The van der Waals surface area contributed by atoms with Crippen molar-refractivity contribution in [2.75, 3.05) is 25.9 Å². The number of hydrogen-bond donors (Lipinski definition) is 1. The van der Waals surface area contributed by atoms with Crippen LogP contribution in [0.3, 0.4) is 0 Å². The van der Waals surface area contributed by atoms with Gasteiger partial charge >= 0.3 is 0 Å². The highest BCUT2D eigenvalue weighted by Crippen LogP contribution is 2.30. The number of methoxy groups -OCH3 is 1. The van der Waals surface area contributed by atoms with E-state index in [0.717, 1.165) is 12.8 Å². The predicted octanol–water partition coefficient (Wildman–Crippen LogP) is 2.33. The number of benzene rings is 1. The van der Waals surface area contributed by atoms with Gasteiger partial charge in [-0.25, -0.2) is 8.42 Å². The average Bonchev–Trinajstić information content (AvgIpc) is 2.47. The Morgan fingerprint density at radius 1 is 1.29 bits per heavy atom. The Morgan fingerprint density at radius 3 is 2.43 bits per heavy atom. The second-order valence-corrected chi connectivity index (χ2v) is 7.83. The number of ether oxygens (including phenoxy) is 1. The van der Waals surface area contributed by atoms with Crippen molar-refractivity contribution < 1.29 is 13.2 Å². The van der Waals surface area contributed by atoms with Crippen molar-refractivity contribution in [2.24, 2.45) is 11.8 Å². The zero-order chi connectivity index (χ0) is 15.6. The van der Waals surface area contributed by atoms with E-state index < -0.39 is 10.0 Å². The third-order valence-corrected chi connectivity index (χ3v) is 6.18.